The lowest BCUT2D eigenvalue weighted by Crippen LogP contribution is -2.44. The Hall–Kier alpha value is -1.09. The zero-order valence-electron chi connectivity index (χ0n) is 9.80. The Morgan fingerprint density at radius 3 is 2.47 bits per heavy atom. The minimum absolute atomic E-state index is 1.06. The predicted octanol–water partition coefficient (Wildman–Crippen LogP) is 1.42. The number of piperazine rings is 1. The molecular weight excluding hydrogens is 186 g/mol. The first-order valence-electron chi connectivity index (χ1n) is 5.59. The fourth-order valence-electron chi connectivity index (χ4n) is 2.03. The topological polar surface area (TPSA) is 28.2 Å². The zero-order chi connectivity index (χ0) is 10.8. The van der Waals surface area contributed by atoms with Crippen LogP contribution < -0.4 is 10.2 Å². The fraction of sp³-hybridized carbons (Fsp3) is 0.583. The molecule has 2 rings (SSSR count). The molecular formula is C12H19N3. The average molecular weight is 205 g/mol. The second-order valence-corrected chi connectivity index (χ2v) is 4.27. The lowest BCUT2D eigenvalue weighted by molar-refractivity contribution is 0.583. The van der Waals surface area contributed by atoms with Crippen LogP contribution in [0.25, 0.3) is 0 Å². The van der Waals surface area contributed by atoms with E-state index in [1.54, 1.807) is 0 Å². The number of hydrogen-bond acceptors (Lipinski definition) is 3. The van der Waals surface area contributed by atoms with Crippen LogP contribution in [-0.2, 0) is 0 Å². The van der Waals surface area contributed by atoms with Gasteiger partial charge in [-0.1, -0.05) is 6.07 Å². The first kappa shape index (κ1) is 10.4. The number of pyridine rings is 1. The molecule has 0 unspecified atom stereocenters. The van der Waals surface area contributed by atoms with Crippen LogP contribution in [0.2, 0.25) is 0 Å². The Morgan fingerprint density at radius 1 is 1.13 bits per heavy atom. The van der Waals surface area contributed by atoms with Crippen LogP contribution in [0.5, 0.6) is 0 Å². The monoisotopic (exact) mass is 205 g/mol. The van der Waals surface area contributed by atoms with Crippen molar-refractivity contribution in [1.29, 1.82) is 0 Å². The van der Waals surface area contributed by atoms with E-state index in [4.69, 9.17) is 4.98 Å². The van der Waals surface area contributed by atoms with Crippen LogP contribution in [0.4, 0.5) is 5.82 Å². The fourth-order valence-corrected chi connectivity index (χ4v) is 2.03. The second-order valence-electron chi connectivity index (χ2n) is 4.27. The van der Waals surface area contributed by atoms with Gasteiger partial charge in [0, 0.05) is 31.9 Å². The van der Waals surface area contributed by atoms with Crippen molar-refractivity contribution in [2.75, 3.05) is 31.1 Å². The van der Waals surface area contributed by atoms with E-state index in [0.29, 0.717) is 0 Å². The molecule has 3 heteroatoms. The molecule has 82 valence electrons. The molecule has 0 amide bonds. The second kappa shape index (κ2) is 4.19. The highest BCUT2D eigenvalue weighted by atomic mass is 15.2. The van der Waals surface area contributed by atoms with Gasteiger partial charge in [0.15, 0.2) is 0 Å². The average Bonchev–Trinajstić information content (AvgIpc) is 2.25. The quantitative estimate of drug-likeness (QED) is 0.751. The normalized spacial score (nSPS) is 16.9. The Kier molecular flexibility index (Phi) is 2.91. The highest BCUT2D eigenvalue weighted by Crippen LogP contribution is 2.20. The predicted molar refractivity (Wildman–Crippen MR) is 63.5 cm³/mol. The molecule has 0 bridgehead atoms. The van der Waals surface area contributed by atoms with Crippen LogP contribution >= 0.6 is 0 Å². The van der Waals surface area contributed by atoms with Gasteiger partial charge in [0.05, 0.1) is 0 Å². The lowest BCUT2D eigenvalue weighted by atomic mass is 10.1. The van der Waals surface area contributed by atoms with Crippen LogP contribution in [0, 0.1) is 20.8 Å². The van der Waals surface area contributed by atoms with E-state index in [1.807, 2.05) is 0 Å². The van der Waals surface area contributed by atoms with Gasteiger partial charge >= 0.3 is 0 Å². The van der Waals surface area contributed by atoms with Crippen molar-refractivity contribution >= 4 is 5.82 Å². The zero-order valence-corrected chi connectivity index (χ0v) is 9.80. The number of rotatable bonds is 1. The molecule has 0 aromatic carbocycles. The van der Waals surface area contributed by atoms with Crippen molar-refractivity contribution in [3.63, 3.8) is 0 Å². The molecule has 1 saturated heterocycles. The summed E-state index contributed by atoms with van der Waals surface area (Å²) in [6.45, 7) is 10.6. The van der Waals surface area contributed by atoms with Crippen LogP contribution in [-0.4, -0.2) is 31.2 Å². The standard InChI is InChI=1S/C12H19N3/c1-9-8-10(2)12(14-11(9)3)15-6-4-13-5-7-15/h8,13H,4-7H2,1-3H3. The number of nitrogens with one attached hydrogen (secondary N) is 1. The van der Waals surface area contributed by atoms with Gasteiger partial charge in [0.1, 0.15) is 5.82 Å². The summed E-state index contributed by atoms with van der Waals surface area (Å²) in [7, 11) is 0. The molecule has 1 aromatic heterocycles. The van der Waals surface area contributed by atoms with Gasteiger partial charge < -0.3 is 10.2 Å². The molecule has 0 atom stereocenters. The van der Waals surface area contributed by atoms with E-state index >= 15 is 0 Å². The van der Waals surface area contributed by atoms with Gasteiger partial charge in [-0.2, -0.15) is 0 Å². The maximum atomic E-state index is 4.69. The summed E-state index contributed by atoms with van der Waals surface area (Å²) in [5, 5.41) is 3.36. The summed E-state index contributed by atoms with van der Waals surface area (Å²) in [4.78, 5) is 7.07. The van der Waals surface area contributed by atoms with E-state index in [2.05, 4.69) is 37.1 Å². The molecule has 0 aliphatic carbocycles. The Bertz CT molecular complexity index is 354. The number of hydrogen-bond donors (Lipinski definition) is 1. The van der Waals surface area contributed by atoms with E-state index in [0.717, 1.165) is 31.9 Å². The van der Waals surface area contributed by atoms with Gasteiger partial charge in [-0.3, -0.25) is 0 Å². The molecule has 3 nitrogen and oxygen atoms in total. The molecule has 15 heavy (non-hydrogen) atoms. The minimum atomic E-state index is 1.06. The van der Waals surface area contributed by atoms with Gasteiger partial charge in [-0.05, 0) is 31.9 Å². The van der Waals surface area contributed by atoms with E-state index < -0.39 is 0 Å². The maximum absolute atomic E-state index is 4.69. The third-order valence-electron chi connectivity index (χ3n) is 3.05. The Labute approximate surface area is 91.5 Å². The molecule has 2 heterocycles. The van der Waals surface area contributed by atoms with E-state index in [1.165, 1.54) is 16.9 Å². The first-order chi connectivity index (χ1) is 7.18. The van der Waals surface area contributed by atoms with Crippen molar-refractivity contribution in [3.05, 3.63) is 22.9 Å². The van der Waals surface area contributed by atoms with Crippen LogP contribution in [0.15, 0.2) is 6.07 Å². The maximum Gasteiger partial charge on any atom is 0.131 e. The largest absolute Gasteiger partial charge is 0.354 e. The highest BCUT2D eigenvalue weighted by Gasteiger charge is 2.14. The van der Waals surface area contributed by atoms with Crippen molar-refractivity contribution in [1.82, 2.24) is 10.3 Å². The summed E-state index contributed by atoms with van der Waals surface area (Å²) >= 11 is 0. The molecule has 0 saturated carbocycles. The molecule has 1 aromatic rings. The summed E-state index contributed by atoms with van der Waals surface area (Å²) in [5.41, 5.74) is 3.72. The van der Waals surface area contributed by atoms with Gasteiger partial charge in [0.25, 0.3) is 0 Å². The first-order valence-corrected chi connectivity index (χ1v) is 5.59. The summed E-state index contributed by atoms with van der Waals surface area (Å²) < 4.78 is 0. The van der Waals surface area contributed by atoms with E-state index in [-0.39, 0.29) is 0 Å². The van der Waals surface area contributed by atoms with Gasteiger partial charge in [-0.15, -0.1) is 0 Å². The minimum Gasteiger partial charge on any atom is -0.354 e. The molecule has 1 fully saturated rings. The van der Waals surface area contributed by atoms with Crippen molar-refractivity contribution in [3.8, 4) is 0 Å². The molecule has 1 aliphatic heterocycles. The number of anilines is 1. The molecule has 0 spiro atoms. The Morgan fingerprint density at radius 2 is 1.80 bits per heavy atom. The SMILES string of the molecule is Cc1cc(C)c(N2CCNCC2)nc1C. The Balaban J connectivity index is 2.30. The van der Waals surface area contributed by atoms with Crippen molar-refractivity contribution in [2.24, 2.45) is 0 Å². The lowest BCUT2D eigenvalue weighted by Gasteiger charge is -2.30. The van der Waals surface area contributed by atoms with Gasteiger partial charge in [-0.25, -0.2) is 4.98 Å². The third-order valence-corrected chi connectivity index (χ3v) is 3.05. The molecule has 1 N–H and O–H groups in total. The van der Waals surface area contributed by atoms with E-state index in [9.17, 15) is 0 Å². The summed E-state index contributed by atoms with van der Waals surface area (Å²) in [6.07, 6.45) is 0. The smallest absolute Gasteiger partial charge is 0.131 e. The van der Waals surface area contributed by atoms with Crippen LogP contribution in [0.1, 0.15) is 16.8 Å². The summed E-state index contributed by atoms with van der Waals surface area (Å²) in [6, 6.07) is 2.24. The van der Waals surface area contributed by atoms with Gasteiger partial charge in [0.2, 0.25) is 0 Å². The highest BCUT2D eigenvalue weighted by molar-refractivity contribution is 5.49. The molecule has 1 aliphatic rings. The van der Waals surface area contributed by atoms with Crippen LogP contribution in [0.3, 0.4) is 0 Å². The van der Waals surface area contributed by atoms with Crippen molar-refractivity contribution < 1.29 is 0 Å². The van der Waals surface area contributed by atoms with Crippen molar-refractivity contribution in [2.45, 2.75) is 20.8 Å². The third kappa shape index (κ3) is 2.12. The molecule has 0 radical (unpaired) electrons. The number of nitrogens with zero attached hydrogens (tertiary/aromatic N) is 2. The summed E-state index contributed by atoms with van der Waals surface area (Å²) in [5.74, 6) is 1.17. The number of aromatic nitrogens is 1. The number of aryl methyl sites for hydroxylation is 3.